The first-order valence-electron chi connectivity index (χ1n) is 39.2. The van der Waals surface area contributed by atoms with Gasteiger partial charge in [-0.1, -0.05) is 300 Å². The number of unbranched alkanes of at least 4 members (excludes halogenated alkanes) is 36. The highest BCUT2D eigenvalue weighted by atomic mass is 31.2. The summed E-state index contributed by atoms with van der Waals surface area (Å²) in [5, 5.41) is 10.6. The Morgan fingerprint density at radius 2 is 0.510 bits per heavy atom. The van der Waals surface area contributed by atoms with Gasteiger partial charge >= 0.3 is 39.5 Å². The summed E-state index contributed by atoms with van der Waals surface area (Å²) in [6.45, 7) is 4.79. The predicted octanol–water partition coefficient (Wildman–Crippen LogP) is 22.4. The Labute approximate surface area is 596 Å². The van der Waals surface area contributed by atoms with Crippen LogP contribution in [0.15, 0.2) is 72.9 Å². The van der Waals surface area contributed by atoms with E-state index in [1.807, 2.05) is 12.2 Å². The molecule has 0 aromatic heterocycles. The maximum absolute atomic E-state index is 13.1. The van der Waals surface area contributed by atoms with Gasteiger partial charge in [0.05, 0.1) is 26.4 Å². The number of hydrogen-bond donors (Lipinski definition) is 3. The van der Waals surface area contributed by atoms with Crippen molar-refractivity contribution in [2.45, 2.75) is 367 Å². The molecule has 0 fully saturated rings. The molecule has 0 aromatic rings. The van der Waals surface area contributed by atoms with Gasteiger partial charge in [-0.25, -0.2) is 9.13 Å². The molecule has 0 aromatic carbocycles. The number of ether oxygens (including phenoxy) is 4. The maximum Gasteiger partial charge on any atom is 0.472 e. The van der Waals surface area contributed by atoms with Gasteiger partial charge < -0.3 is 33.8 Å². The van der Waals surface area contributed by atoms with Crippen molar-refractivity contribution in [1.29, 1.82) is 0 Å². The van der Waals surface area contributed by atoms with Crippen molar-refractivity contribution in [3.8, 4) is 0 Å². The van der Waals surface area contributed by atoms with E-state index in [1.54, 1.807) is 0 Å². The van der Waals surface area contributed by atoms with E-state index in [9.17, 15) is 43.2 Å². The zero-order valence-electron chi connectivity index (χ0n) is 62.2. The fourth-order valence-corrected chi connectivity index (χ4v) is 12.2. The lowest BCUT2D eigenvalue weighted by atomic mass is 10.0. The fourth-order valence-electron chi connectivity index (χ4n) is 10.7. The lowest BCUT2D eigenvalue weighted by Gasteiger charge is -2.21. The van der Waals surface area contributed by atoms with Crippen molar-refractivity contribution in [3.05, 3.63) is 72.9 Å². The molecule has 0 amide bonds. The van der Waals surface area contributed by atoms with Crippen molar-refractivity contribution >= 4 is 39.5 Å². The molecule has 3 N–H and O–H groups in total. The third-order valence-electron chi connectivity index (χ3n) is 16.7. The summed E-state index contributed by atoms with van der Waals surface area (Å²) in [6, 6.07) is 0. The molecule has 98 heavy (non-hydrogen) atoms. The molecule has 0 heterocycles. The summed E-state index contributed by atoms with van der Waals surface area (Å²) in [5.74, 6) is -2.23. The quantitative estimate of drug-likeness (QED) is 0.0169. The molecule has 19 heteroatoms. The molecule has 0 aliphatic rings. The highest BCUT2D eigenvalue weighted by Gasteiger charge is 2.30. The predicted molar refractivity (Wildman–Crippen MR) is 400 cm³/mol. The topological polar surface area (TPSA) is 237 Å². The summed E-state index contributed by atoms with van der Waals surface area (Å²) in [6.07, 6.45) is 71.7. The maximum atomic E-state index is 13.1. The van der Waals surface area contributed by atoms with Gasteiger partial charge in [0.15, 0.2) is 12.2 Å². The lowest BCUT2D eigenvalue weighted by molar-refractivity contribution is -0.161. The SMILES string of the molecule is CCCCC/C=C\C/C=C\C/C=C\C/C=C\CCCC(=O)OC[C@H](COP(=O)(O)OC[C@H](O)COP(=O)(O)OC[C@@H](COC(=O)CCCCCCCCCCCCCCC)OC(=O)CCCCCCC/C=C\C/C=C\CCCCC)OC(=O)CCCCCCCCCCCCCCC. The van der Waals surface area contributed by atoms with Crippen molar-refractivity contribution in [3.63, 3.8) is 0 Å². The number of carbonyl (C=O) groups is 4. The normalized spacial score (nSPS) is 14.3. The van der Waals surface area contributed by atoms with Crippen LogP contribution in [0, 0.1) is 0 Å². The Morgan fingerprint density at radius 1 is 0.286 bits per heavy atom. The van der Waals surface area contributed by atoms with Gasteiger partial charge in [-0.3, -0.25) is 37.3 Å². The minimum atomic E-state index is -4.98. The van der Waals surface area contributed by atoms with Crippen LogP contribution in [0.5, 0.6) is 0 Å². The Kier molecular flexibility index (Phi) is 69.3. The number of phosphoric acid groups is 2. The molecule has 0 saturated carbocycles. The molecule has 0 radical (unpaired) electrons. The monoisotopic (exact) mass is 1420 g/mol. The van der Waals surface area contributed by atoms with Crippen LogP contribution < -0.4 is 0 Å². The van der Waals surface area contributed by atoms with Crippen LogP contribution in [0.1, 0.15) is 349 Å². The molecule has 0 spiro atoms. The second kappa shape index (κ2) is 71.9. The van der Waals surface area contributed by atoms with Crippen molar-refractivity contribution in [2.24, 2.45) is 0 Å². The Balaban J connectivity index is 5.37. The van der Waals surface area contributed by atoms with E-state index in [2.05, 4.69) is 88.5 Å². The molecule has 2 unspecified atom stereocenters. The van der Waals surface area contributed by atoms with E-state index in [1.165, 1.54) is 148 Å². The molecule has 0 rings (SSSR count). The van der Waals surface area contributed by atoms with Gasteiger partial charge in [-0.15, -0.1) is 0 Å². The first-order valence-corrected chi connectivity index (χ1v) is 42.2. The molecule has 0 saturated heterocycles. The average molecular weight is 1430 g/mol. The van der Waals surface area contributed by atoms with Gasteiger partial charge in [-0.05, 0) is 96.3 Å². The molecule has 17 nitrogen and oxygen atoms in total. The molecular formula is C79H142O17P2. The van der Waals surface area contributed by atoms with E-state index in [-0.39, 0.29) is 25.7 Å². The zero-order chi connectivity index (χ0) is 71.8. The van der Waals surface area contributed by atoms with Crippen LogP contribution in [-0.4, -0.2) is 96.7 Å². The van der Waals surface area contributed by atoms with E-state index in [0.717, 1.165) is 116 Å². The van der Waals surface area contributed by atoms with Crippen LogP contribution in [0.4, 0.5) is 0 Å². The molecular weight excluding hydrogens is 1280 g/mol. The summed E-state index contributed by atoms with van der Waals surface area (Å²) in [5.41, 5.74) is 0. The molecule has 5 atom stereocenters. The van der Waals surface area contributed by atoms with Gasteiger partial charge in [0.25, 0.3) is 0 Å². The number of allylic oxidation sites excluding steroid dienone is 12. The van der Waals surface area contributed by atoms with Crippen LogP contribution in [0.2, 0.25) is 0 Å². The summed E-state index contributed by atoms with van der Waals surface area (Å²) in [7, 11) is -9.95. The van der Waals surface area contributed by atoms with E-state index in [0.29, 0.717) is 32.1 Å². The number of phosphoric ester groups is 2. The largest absolute Gasteiger partial charge is 0.472 e. The van der Waals surface area contributed by atoms with Gasteiger partial charge in [-0.2, -0.15) is 0 Å². The highest BCUT2D eigenvalue weighted by Crippen LogP contribution is 2.45. The standard InChI is InChI=1S/C79H142O17P2/c1-5-9-13-17-21-25-29-33-35-36-38-41-44-48-52-56-60-64-77(82)90-70-74(95-78(83)65-61-57-53-49-45-40-32-28-24-20-16-12-8-4)71-93-97(85,86)91-67-73(80)68-92-98(87,88)94-72-75(69-89-76(81)63-59-55-51-47-43-39-31-27-23-19-15-11-7-3)96-79(84)66-62-58-54-50-46-42-37-34-30-26-22-18-14-10-6-2/h21-22,25-26,33-35,37-38,41,48,52,73-75,80H,5-20,23-24,27-32,36,39-40,42-47,49-51,53-72H2,1-4H3,(H,85,86)(H,87,88)/b25-21-,26-22-,35-33-,37-34-,41-38-,52-48-/t73-,74+,75+/m0/s1. The van der Waals surface area contributed by atoms with Crippen molar-refractivity contribution in [1.82, 2.24) is 0 Å². The average Bonchev–Trinajstić information content (AvgIpc) is 0.962. The summed E-state index contributed by atoms with van der Waals surface area (Å²) < 4.78 is 68.5. The Morgan fingerprint density at radius 3 is 0.827 bits per heavy atom. The second-order valence-corrected chi connectivity index (χ2v) is 29.2. The zero-order valence-corrected chi connectivity index (χ0v) is 64.0. The van der Waals surface area contributed by atoms with Gasteiger partial charge in [0.1, 0.15) is 19.3 Å². The Hall–Kier alpha value is -3.50. The van der Waals surface area contributed by atoms with E-state index >= 15 is 0 Å². The summed E-state index contributed by atoms with van der Waals surface area (Å²) >= 11 is 0. The smallest absolute Gasteiger partial charge is 0.462 e. The van der Waals surface area contributed by atoms with Gasteiger partial charge in [0.2, 0.25) is 0 Å². The number of aliphatic hydroxyl groups excluding tert-OH is 1. The van der Waals surface area contributed by atoms with Crippen LogP contribution in [0.25, 0.3) is 0 Å². The third-order valence-corrected chi connectivity index (χ3v) is 18.6. The first-order chi connectivity index (χ1) is 47.7. The molecule has 570 valence electrons. The Bertz CT molecular complexity index is 2140. The molecule has 0 aliphatic heterocycles. The fraction of sp³-hybridized carbons (Fsp3) is 0.797. The number of esters is 4. The van der Waals surface area contributed by atoms with Crippen LogP contribution in [-0.2, 0) is 65.4 Å². The minimum absolute atomic E-state index is 0.0822. The minimum Gasteiger partial charge on any atom is -0.462 e. The van der Waals surface area contributed by atoms with Crippen molar-refractivity contribution < 1.29 is 80.2 Å². The van der Waals surface area contributed by atoms with Crippen molar-refractivity contribution in [2.75, 3.05) is 39.6 Å². The highest BCUT2D eigenvalue weighted by molar-refractivity contribution is 7.47. The van der Waals surface area contributed by atoms with Crippen LogP contribution >= 0.6 is 15.6 Å². The number of hydrogen-bond acceptors (Lipinski definition) is 15. The number of carbonyl (C=O) groups excluding carboxylic acids is 4. The lowest BCUT2D eigenvalue weighted by Crippen LogP contribution is -2.30. The summed E-state index contributed by atoms with van der Waals surface area (Å²) in [4.78, 5) is 72.8. The van der Waals surface area contributed by atoms with E-state index in [4.69, 9.17) is 37.0 Å². The second-order valence-electron chi connectivity index (χ2n) is 26.3. The number of aliphatic hydroxyl groups is 1. The number of rotatable bonds is 74. The van der Waals surface area contributed by atoms with Crippen LogP contribution in [0.3, 0.4) is 0 Å². The van der Waals surface area contributed by atoms with E-state index < -0.39 is 97.5 Å². The first kappa shape index (κ1) is 94.5. The third kappa shape index (κ3) is 70.9. The molecule has 0 bridgehead atoms. The molecule has 0 aliphatic carbocycles. The van der Waals surface area contributed by atoms with Gasteiger partial charge in [0, 0.05) is 25.7 Å².